The normalized spacial score (nSPS) is 51.6. The van der Waals surface area contributed by atoms with E-state index in [-0.39, 0.29) is 46.9 Å². The van der Waals surface area contributed by atoms with Gasteiger partial charge in [0.15, 0.2) is 5.78 Å². The molecule has 0 bridgehead atoms. The van der Waals surface area contributed by atoms with Crippen molar-refractivity contribution in [3.63, 3.8) is 0 Å². The number of ether oxygens (including phenoxy) is 1. The summed E-state index contributed by atoms with van der Waals surface area (Å²) in [5.74, 6) is -0.300. The van der Waals surface area contributed by atoms with Crippen LogP contribution in [0.25, 0.3) is 0 Å². The molecule has 0 aromatic carbocycles. The second-order valence-corrected chi connectivity index (χ2v) is 10.6. The smallest absolute Gasteiger partial charge is 0.302 e. The van der Waals surface area contributed by atoms with Crippen molar-refractivity contribution in [3.8, 4) is 0 Å². The molecule has 9 atom stereocenters. The average molecular weight is 405 g/mol. The lowest BCUT2D eigenvalue weighted by Gasteiger charge is -2.60. The fourth-order valence-corrected chi connectivity index (χ4v) is 7.99. The molecule has 0 heterocycles. The van der Waals surface area contributed by atoms with Gasteiger partial charge in [-0.2, -0.15) is 0 Å². The van der Waals surface area contributed by atoms with Crippen LogP contribution in [0.15, 0.2) is 11.6 Å². The minimum atomic E-state index is -1.29. The summed E-state index contributed by atoms with van der Waals surface area (Å²) in [5, 5.41) is 22.6. The van der Waals surface area contributed by atoms with Crippen molar-refractivity contribution in [2.75, 3.05) is 0 Å². The number of fused-ring (bicyclic) bond motifs is 5. The fourth-order valence-electron chi connectivity index (χ4n) is 7.99. The van der Waals surface area contributed by atoms with E-state index in [9.17, 15) is 19.8 Å². The van der Waals surface area contributed by atoms with E-state index >= 15 is 0 Å². The van der Waals surface area contributed by atoms with Gasteiger partial charge >= 0.3 is 5.97 Å². The zero-order valence-corrected chi connectivity index (χ0v) is 18.4. The van der Waals surface area contributed by atoms with Crippen LogP contribution in [-0.2, 0) is 14.3 Å². The highest BCUT2D eigenvalue weighted by Gasteiger charge is 2.70. The lowest BCUT2D eigenvalue weighted by molar-refractivity contribution is -0.161. The van der Waals surface area contributed by atoms with Crippen LogP contribution < -0.4 is 0 Å². The van der Waals surface area contributed by atoms with Crippen molar-refractivity contribution in [2.24, 2.45) is 34.5 Å². The number of carbonyl (C=O) groups is 2. The number of Topliss-reactive ketones (excluding diaryl/α,β-unsaturated/α-hetero) is 1. The van der Waals surface area contributed by atoms with Crippen molar-refractivity contribution in [3.05, 3.63) is 11.6 Å². The number of hydrogen-bond acceptors (Lipinski definition) is 5. The Labute approximate surface area is 173 Å². The molecule has 5 nitrogen and oxygen atoms in total. The van der Waals surface area contributed by atoms with Crippen LogP contribution in [0.1, 0.15) is 73.1 Å². The minimum absolute atomic E-state index is 0.0190. The van der Waals surface area contributed by atoms with E-state index in [0.717, 1.165) is 25.7 Å². The molecule has 4 aliphatic rings. The van der Waals surface area contributed by atoms with Gasteiger partial charge in [0.2, 0.25) is 0 Å². The maximum atomic E-state index is 13.1. The van der Waals surface area contributed by atoms with Crippen LogP contribution in [0.4, 0.5) is 0 Å². The summed E-state index contributed by atoms with van der Waals surface area (Å²) in [6.07, 6.45) is 5.84. The predicted octanol–water partition coefficient (Wildman–Crippen LogP) is 3.42. The zero-order valence-electron chi connectivity index (χ0n) is 18.4. The standard InChI is InChI=1S/C24H36O5/c1-6-24(28)21(27)13(2)20-19-17(8-10-23(20,24)5)22(4)9-7-16(29-14(3)25)11-15(22)12-18(19)26/h12-13,16-20,26,28H,6-11H2,1-5H3/t13-,16-,17?,18-,19?,20?,22-,23-,24-/m0/s1. The van der Waals surface area contributed by atoms with Gasteiger partial charge < -0.3 is 14.9 Å². The van der Waals surface area contributed by atoms with E-state index in [1.54, 1.807) is 0 Å². The van der Waals surface area contributed by atoms with Crippen LogP contribution in [-0.4, -0.2) is 39.8 Å². The summed E-state index contributed by atoms with van der Waals surface area (Å²) in [6.45, 7) is 9.67. The molecule has 0 saturated heterocycles. The van der Waals surface area contributed by atoms with Crippen molar-refractivity contribution in [1.29, 1.82) is 0 Å². The maximum Gasteiger partial charge on any atom is 0.302 e. The SMILES string of the molecule is CC[C@]1(O)C(=O)[C@@H](C)C2C3C(CC[C@@]21C)[C@@]1(C)CC[C@H](OC(C)=O)CC1=C[C@@H]3O. The second-order valence-electron chi connectivity index (χ2n) is 10.6. The van der Waals surface area contributed by atoms with Gasteiger partial charge in [-0.05, 0) is 55.3 Å². The van der Waals surface area contributed by atoms with Crippen molar-refractivity contribution in [2.45, 2.75) is 91.0 Å². The second kappa shape index (κ2) is 6.65. The Hall–Kier alpha value is -1.20. The van der Waals surface area contributed by atoms with Crippen LogP contribution in [0.2, 0.25) is 0 Å². The van der Waals surface area contributed by atoms with Gasteiger partial charge in [0.05, 0.1) is 6.10 Å². The molecule has 0 spiro atoms. The molecule has 3 fully saturated rings. The summed E-state index contributed by atoms with van der Waals surface area (Å²) in [7, 11) is 0. The van der Waals surface area contributed by atoms with Crippen LogP contribution in [0.3, 0.4) is 0 Å². The topological polar surface area (TPSA) is 83.8 Å². The van der Waals surface area contributed by atoms with Gasteiger partial charge in [0, 0.05) is 24.7 Å². The Morgan fingerprint density at radius 3 is 2.59 bits per heavy atom. The molecule has 4 aliphatic carbocycles. The first-order valence-corrected chi connectivity index (χ1v) is 11.3. The lowest BCUT2D eigenvalue weighted by Crippen LogP contribution is -2.58. The summed E-state index contributed by atoms with van der Waals surface area (Å²) < 4.78 is 5.48. The van der Waals surface area contributed by atoms with Crippen LogP contribution in [0, 0.1) is 34.5 Å². The molecule has 4 rings (SSSR count). The van der Waals surface area contributed by atoms with E-state index < -0.39 is 17.1 Å². The molecule has 0 aromatic rings. The Kier molecular flexibility index (Phi) is 4.83. The van der Waals surface area contributed by atoms with Crippen molar-refractivity contribution < 1.29 is 24.5 Å². The highest BCUT2D eigenvalue weighted by atomic mass is 16.5. The summed E-state index contributed by atoms with van der Waals surface area (Å²) in [6, 6.07) is 0. The molecule has 162 valence electrons. The molecular formula is C24H36O5. The first kappa shape index (κ1) is 21.0. The number of esters is 1. The molecule has 0 aliphatic heterocycles. The molecular weight excluding hydrogens is 368 g/mol. The van der Waals surface area contributed by atoms with E-state index in [0.29, 0.717) is 12.8 Å². The third kappa shape index (κ3) is 2.65. The molecule has 0 radical (unpaired) electrons. The highest BCUT2D eigenvalue weighted by molar-refractivity contribution is 5.93. The third-order valence-corrected chi connectivity index (χ3v) is 9.49. The average Bonchev–Trinajstić information content (AvgIpc) is 2.81. The van der Waals surface area contributed by atoms with Gasteiger partial charge in [-0.3, -0.25) is 9.59 Å². The molecule has 3 saturated carbocycles. The summed E-state index contributed by atoms with van der Waals surface area (Å²) >= 11 is 0. The zero-order chi connectivity index (χ0) is 21.4. The van der Waals surface area contributed by atoms with E-state index in [1.165, 1.54) is 12.5 Å². The lowest BCUT2D eigenvalue weighted by atomic mass is 9.45. The Balaban J connectivity index is 1.72. The number of carbonyl (C=O) groups excluding carboxylic acids is 2. The molecule has 29 heavy (non-hydrogen) atoms. The number of hydrogen-bond donors (Lipinski definition) is 2. The van der Waals surface area contributed by atoms with Gasteiger partial charge in [-0.15, -0.1) is 0 Å². The first-order chi connectivity index (χ1) is 13.5. The van der Waals surface area contributed by atoms with E-state index in [4.69, 9.17) is 4.74 Å². The quantitative estimate of drug-likeness (QED) is 0.544. The number of ketones is 1. The molecule has 2 N–H and O–H groups in total. The van der Waals surface area contributed by atoms with E-state index in [1.807, 2.05) is 19.9 Å². The van der Waals surface area contributed by atoms with Crippen molar-refractivity contribution >= 4 is 11.8 Å². The van der Waals surface area contributed by atoms with Crippen molar-refractivity contribution in [1.82, 2.24) is 0 Å². The van der Waals surface area contributed by atoms with Gasteiger partial charge in [-0.25, -0.2) is 0 Å². The van der Waals surface area contributed by atoms with Gasteiger partial charge in [0.1, 0.15) is 11.7 Å². The Bertz CT molecular complexity index is 758. The molecule has 3 unspecified atom stereocenters. The van der Waals surface area contributed by atoms with Crippen LogP contribution in [0.5, 0.6) is 0 Å². The molecule has 0 amide bonds. The number of aliphatic hydroxyl groups excluding tert-OH is 1. The molecule has 0 aromatic heterocycles. The predicted molar refractivity (Wildman–Crippen MR) is 109 cm³/mol. The highest BCUT2D eigenvalue weighted by Crippen LogP contribution is 2.68. The first-order valence-electron chi connectivity index (χ1n) is 11.3. The summed E-state index contributed by atoms with van der Waals surface area (Å²) in [5.41, 5.74) is -0.621. The minimum Gasteiger partial charge on any atom is -0.462 e. The third-order valence-electron chi connectivity index (χ3n) is 9.49. The fraction of sp³-hybridized carbons (Fsp3) is 0.833. The Morgan fingerprint density at radius 2 is 1.97 bits per heavy atom. The Morgan fingerprint density at radius 1 is 1.28 bits per heavy atom. The van der Waals surface area contributed by atoms with Gasteiger partial charge in [-0.1, -0.05) is 39.3 Å². The summed E-state index contributed by atoms with van der Waals surface area (Å²) in [4.78, 5) is 24.5. The number of aliphatic hydroxyl groups is 2. The molecule has 5 heteroatoms. The maximum absolute atomic E-state index is 13.1. The van der Waals surface area contributed by atoms with Crippen LogP contribution >= 0.6 is 0 Å². The monoisotopic (exact) mass is 404 g/mol. The largest absolute Gasteiger partial charge is 0.462 e. The number of rotatable bonds is 2. The van der Waals surface area contributed by atoms with E-state index in [2.05, 4.69) is 13.8 Å². The van der Waals surface area contributed by atoms with Gasteiger partial charge in [0.25, 0.3) is 0 Å².